The number of nitrogens with zero attached hydrogens (tertiary/aromatic N) is 6. The van der Waals surface area contributed by atoms with Gasteiger partial charge in [-0.2, -0.15) is 32.1 Å². The zero-order valence-corrected chi connectivity index (χ0v) is 33.2. The van der Waals surface area contributed by atoms with Gasteiger partial charge in [0.25, 0.3) is 5.92 Å². The summed E-state index contributed by atoms with van der Waals surface area (Å²) >= 11 is 1.18. The van der Waals surface area contributed by atoms with E-state index in [9.17, 15) is 40.0 Å². The van der Waals surface area contributed by atoms with E-state index < -0.39 is 81.0 Å². The number of amides is 2. The van der Waals surface area contributed by atoms with Gasteiger partial charge in [-0.3, -0.25) is 23.7 Å². The zero-order valence-electron chi connectivity index (χ0n) is 31.6. The van der Waals surface area contributed by atoms with E-state index in [0.717, 1.165) is 24.5 Å². The minimum atomic E-state index is -5.12. The number of carbonyl (C=O) groups is 2. The van der Waals surface area contributed by atoms with Gasteiger partial charge in [-0.1, -0.05) is 35.6 Å². The molecule has 0 bridgehead atoms. The van der Waals surface area contributed by atoms with Crippen LogP contribution in [-0.4, -0.2) is 68.6 Å². The van der Waals surface area contributed by atoms with Gasteiger partial charge in [-0.15, -0.1) is 0 Å². The van der Waals surface area contributed by atoms with Crippen molar-refractivity contribution in [1.82, 2.24) is 40.2 Å². The summed E-state index contributed by atoms with van der Waals surface area (Å²) in [5, 5.41) is 17.2. The predicted octanol–water partition coefficient (Wildman–Crippen LogP) is 5.89. The number of hydrogen-bond acceptors (Lipinski definition) is 10. The van der Waals surface area contributed by atoms with Crippen LogP contribution in [0.25, 0.3) is 32.4 Å². The standard InChI is InChI=1S/C38H31F7N10O4S2/c1-54-31-20(4-3-5-22(31)34(52-54)53-61(2,58)59)23-13-26-35(50-36(60-26)47-19-12-27(56)46-14-19)49-30(23)25(10-16-8-17(39)11-18(40)9-16)48-28(57)15-55-33-29(32(51-55)38(43,44)45)21-6-7-24(21)37(33,41)42/h3-9,11,13,19,21,24-25H,10,12,14-15H2,1-2H3,(H,46,56)(H,48,57)(H,52,53)(H,47,49,50)/t19?,21-,24+,25?/m0/s1. The quantitative estimate of drug-likeness (QED) is 0.0914. The summed E-state index contributed by atoms with van der Waals surface area (Å²) in [4.78, 5) is 35.4. The van der Waals surface area contributed by atoms with Crippen LogP contribution in [0.1, 0.15) is 46.6 Å². The number of para-hydroxylation sites is 1. The lowest BCUT2D eigenvalue weighted by Crippen LogP contribution is -2.36. The van der Waals surface area contributed by atoms with E-state index in [-0.39, 0.29) is 53.1 Å². The molecule has 1 aliphatic heterocycles. The highest BCUT2D eigenvalue weighted by Gasteiger charge is 2.61. The van der Waals surface area contributed by atoms with Gasteiger partial charge in [0.05, 0.1) is 40.2 Å². The summed E-state index contributed by atoms with van der Waals surface area (Å²) in [6.07, 6.45) is -2.03. The molecule has 0 saturated carbocycles. The maximum absolute atomic E-state index is 15.7. The SMILES string of the molecule is Cn1nc(NS(C)(=O)=O)c2cccc(-c3cc4sc(NC5CNC(=O)C5)nc4nc3C(Cc3cc(F)cc(F)c3)NC(=O)Cn3nc(C(F)(F)F)c4c3C(F)(F)[C@@H]3C=C[C@H]43)c21. The Labute approximate surface area is 344 Å². The first-order valence-electron chi connectivity index (χ1n) is 18.5. The maximum Gasteiger partial charge on any atom is 0.435 e. The number of benzene rings is 2. The number of aromatic nitrogens is 6. The number of thiazole rings is 1. The fourth-order valence-electron chi connectivity index (χ4n) is 8.24. The molecule has 1 fully saturated rings. The molecule has 4 atom stereocenters. The number of anilines is 2. The van der Waals surface area contributed by atoms with E-state index in [2.05, 4.69) is 35.9 Å². The largest absolute Gasteiger partial charge is 0.435 e. The van der Waals surface area contributed by atoms with Crippen LogP contribution in [-0.2, 0) is 51.7 Å². The lowest BCUT2D eigenvalue weighted by Gasteiger charge is -2.27. The van der Waals surface area contributed by atoms with Crippen molar-refractivity contribution in [1.29, 1.82) is 0 Å². The summed E-state index contributed by atoms with van der Waals surface area (Å²) in [7, 11) is -2.25. The highest BCUT2D eigenvalue weighted by Crippen LogP contribution is 2.60. The fraction of sp³-hybridized carbons (Fsp3) is 0.316. The Morgan fingerprint density at radius 1 is 1.07 bits per heavy atom. The third-order valence-corrected chi connectivity index (χ3v) is 12.2. The molecule has 2 unspecified atom stereocenters. The molecule has 14 nitrogen and oxygen atoms in total. The Hall–Kier alpha value is -6.10. The highest BCUT2D eigenvalue weighted by molar-refractivity contribution is 7.92. The van der Waals surface area contributed by atoms with E-state index in [4.69, 9.17) is 4.98 Å². The van der Waals surface area contributed by atoms with Crippen molar-refractivity contribution < 1.29 is 48.7 Å². The first-order valence-corrected chi connectivity index (χ1v) is 21.2. The molecule has 2 amide bonds. The maximum atomic E-state index is 15.7. The van der Waals surface area contributed by atoms with Crippen molar-refractivity contribution >= 4 is 65.4 Å². The van der Waals surface area contributed by atoms with Crippen LogP contribution in [0, 0.1) is 17.6 Å². The van der Waals surface area contributed by atoms with Crippen molar-refractivity contribution in [2.45, 2.75) is 49.5 Å². The second-order valence-electron chi connectivity index (χ2n) is 15.1. The van der Waals surface area contributed by atoms with Gasteiger partial charge in [0.15, 0.2) is 22.3 Å². The normalized spacial score (nSPS) is 19.8. The van der Waals surface area contributed by atoms with E-state index >= 15 is 8.78 Å². The zero-order chi connectivity index (χ0) is 43.3. The smallest absolute Gasteiger partial charge is 0.356 e. The molecule has 3 aliphatic rings. The molecule has 61 heavy (non-hydrogen) atoms. The molecule has 2 aromatic carbocycles. The van der Waals surface area contributed by atoms with Gasteiger partial charge in [-0.05, 0) is 36.2 Å². The Kier molecular flexibility index (Phi) is 9.41. The molecular weight excluding hydrogens is 858 g/mol. The number of carbonyl (C=O) groups excluding carboxylic acids is 2. The number of pyridine rings is 1. The molecule has 5 heterocycles. The number of fused-ring (bicyclic) bond motifs is 5. The number of hydrogen-bond donors (Lipinski definition) is 4. The number of aryl methyl sites for hydroxylation is 1. The van der Waals surface area contributed by atoms with Crippen LogP contribution < -0.4 is 20.7 Å². The summed E-state index contributed by atoms with van der Waals surface area (Å²) < 4.78 is 132. The fourth-order valence-corrected chi connectivity index (χ4v) is 9.67. The third-order valence-electron chi connectivity index (χ3n) is 10.7. The number of allylic oxidation sites excluding steroid dienone is 2. The molecule has 23 heteroatoms. The summed E-state index contributed by atoms with van der Waals surface area (Å²) in [6, 6.07) is 7.53. The second kappa shape index (κ2) is 14.2. The second-order valence-corrected chi connectivity index (χ2v) is 17.9. The van der Waals surface area contributed by atoms with Gasteiger partial charge >= 0.3 is 6.18 Å². The van der Waals surface area contributed by atoms with Crippen molar-refractivity contribution in [2.24, 2.45) is 13.0 Å². The third kappa shape index (κ3) is 7.31. The number of halogens is 7. The number of rotatable bonds is 11. The molecule has 1 saturated heterocycles. The van der Waals surface area contributed by atoms with Gasteiger partial charge in [0.1, 0.15) is 23.9 Å². The van der Waals surface area contributed by atoms with Gasteiger partial charge in [-0.25, -0.2) is 27.2 Å². The molecule has 0 spiro atoms. The lowest BCUT2D eigenvalue weighted by molar-refractivity contribution is -0.142. The minimum absolute atomic E-state index is 0.00746. The topological polar surface area (TPSA) is 178 Å². The molecular formula is C38H31F7N10O4S2. The van der Waals surface area contributed by atoms with E-state index in [1.165, 1.54) is 22.1 Å². The Morgan fingerprint density at radius 2 is 1.82 bits per heavy atom. The van der Waals surface area contributed by atoms with Gasteiger partial charge in [0, 0.05) is 54.1 Å². The average molecular weight is 889 g/mol. The predicted molar refractivity (Wildman–Crippen MR) is 208 cm³/mol. The van der Waals surface area contributed by atoms with Crippen molar-refractivity contribution in [2.75, 3.05) is 22.8 Å². The minimum Gasteiger partial charge on any atom is -0.356 e. The van der Waals surface area contributed by atoms with Crippen LogP contribution in [0.15, 0.2) is 54.6 Å². The first kappa shape index (κ1) is 40.3. The van der Waals surface area contributed by atoms with Crippen LogP contribution in [0.2, 0.25) is 0 Å². The van der Waals surface area contributed by atoms with Crippen molar-refractivity contribution in [3.63, 3.8) is 0 Å². The molecule has 2 aliphatic carbocycles. The Morgan fingerprint density at radius 3 is 2.48 bits per heavy atom. The van der Waals surface area contributed by atoms with E-state index in [1.54, 1.807) is 31.3 Å². The molecule has 4 aromatic heterocycles. The van der Waals surface area contributed by atoms with Crippen LogP contribution in [0.5, 0.6) is 0 Å². The number of alkyl halides is 5. The van der Waals surface area contributed by atoms with Crippen molar-refractivity contribution in [3.8, 4) is 11.1 Å². The van der Waals surface area contributed by atoms with Crippen LogP contribution >= 0.6 is 11.3 Å². The summed E-state index contributed by atoms with van der Waals surface area (Å²) in [6.45, 7) is -0.771. The van der Waals surface area contributed by atoms with Gasteiger partial charge in [0.2, 0.25) is 21.8 Å². The van der Waals surface area contributed by atoms with E-state index in [0.29, 0.717) is 43.6 Å². The summed E-state index contributed by atoms with van der Waals surface area (Å²) in [5.41, 5.74) is -2.05. The van der Waals surface area contributed by atoms with E-state index in [1.807, 2.05) is 0 Å². The molecule has 9 rings (SSSR count). The summed E-state index contributed by atoms with van der Waals surface area (Å²) in [5.74, 6) is -9.75. The molecule has 0 radical (unpaired) electrons. The Balaban J connectivity index is 1.19. The first-order chi connectivity index (χ1) is 28.7. The van der Waals surface area contributed by atoms with Crippen molar-refractivity contribution in [3.05, 3.63) is 94.5 Å². The highest BCUT2D eigenvalue weighted by atomic mass is 32.2. The monoisotopic (exact) mass is 888 g/mol. The van der Waals surface area contributed by atoms with Gasteiger partial charge < -0.3 is 16.0 Å². The molecule has 6 aromatic rings. The number of nitrogens with one attached hydrogen (secondary N) is 4. The average Bonchev–Trinajstić information content (AvgIpc) is 3.92. The molecule has 4 N–H and O–H groups in total. The lowest BCUT2D eigenvalue weighted by atomic mass is 9.81. The van der Waals surface area contributed by atoms with Crippen LogP contribution in [0.3, 0.4) is 0 Å². The molecule has 318 valence electrons. The van der Waals surface area contributed by atoms with Crippen LogP contribution in [0.4, 0.5) is 41.7 Å². The number of sulfonamides is 1. The Bertz CT molecular complexity index is 2940.